The van der Waals surface area contributed by atoms with Crippen LogP contribution < -0.4 is 20.1 Å². The molecule has 0 saturated carbocycles. The van der Waals surface area contributed by atoms with E-state index in [9.17, 15) is 14.4 Å². The lowest BCUT2D eigenvalue weighted by atomic mass is 10.1. The van der Waals surface area contributed by atoms with Gasteiger partial charge in [0.2, 0.25) is 5.91 Å². The fourth-order valence-electron chi connectivity index (χ4n) is 3.72. The first-order valence-corrected chi connectivity index (χ1v) is 10.4. The summed E-state index contributed by atoms with van der Waals surface area (Å²) in [5.74, 6) is 0.535. The third-order valence-corrected chi connectivity index (χ3v) is 5.42. The second-order valence-corrected chi connectivity index (χ2v) is 7.64. The van der Waals surface area contributed by atoms with Crippen molar-refractivity contribution in [2.24, 2.45) is 0 Å². The predicted octanol–water partition coefficient (Wildman–Crippen LogP) is 2.19. The zero-order valence-corrected chi connectivity index (χ0v) is 17.3. The first-order valence-electron chi connectivity index (χ1n) is 10.4. The van der Waals surface area contributed by atoms with Crippen molar-refractivity contribution in [2.75, 3.05) is 19.8 Å². The number of aryl methyl sites for hydroxylation is 1. The maximum absolute atomic E-state index is 12.6. The van der Waals surface area contributed by atoms with E-state index in [2.05, 4.69) is 10.6 Å². The maximum Gasteiger partial charge on any atom is 0.325 e. The Hall–Kier alpha value is -3.55. The molecule has 2 N–H and O–H groups in total. The molecule has 2 heterocycles. The Balaban J connectivity index is 1.31. The van der Waals surface area contributed by atoms with Crippen molar-refractivity contribution >= 4 is 17.8 Å². The Labute approximate surface area is 180 Å². The highest BCUT2D eigenvalue weighted by Gasteiger charge is 2.38. The van der Waals surface area contributed by atoms with Gasteiger partial charge in [-0.1, -0.05) is 36.4 Å². The van der Waals surface area contributed by atoms with Crippen LogP contribution >= 0.6 is 0 Å². The molecule has 8 nitrogen and oxygen atoms in total. The van der Waals surface area contributed by atoms with Gasteiger partial charge in [-0.15, -0.1) is 0 Å². The molecular weight excluding hydrogens is 398 g/mol. The molecule has 0 bridgehead atoms. The van der Waals surface area contributed by atoms with Crippen LogP contribution in [0.2, 0.25) is 0 Å². The third kappa shape index (κ3) is 4.79. The van der Waals surface area contributed by atoms with E-state index < -0.39 is 18.0 Å². The number of carbonyl (C=O) groups is 3. The largest absolute Gasteiger partial charge is 0.486 e. The molecule has 0 spiro atoms. The van der Waals surface area contributed by atoms with Crippen LogP contribution in [0.3, 0.4) is 0 Å². The lowest BCUT2D eigenvalue weighted by molar-refractivity contribution is -0.132. The summed E-state index contributed by atoms with van der Waals surface area (Å²) in [7, 11) is 0. The van der Waals surface area contributed by atoms with Crippen molar-refractivity contribution in [3.63, 3.8) is 0 Å². The first-order chi connectivity index (χ1) is 15.0. The second kappa shape index (κ2) is 9.07. The first kappa shape index (κ1) is 20.7. The Bertz CT molecular complexity index is 978. The predicted molar refractivity (Wildman–Crippen MR) is 113 cm³/mol. The van der Waals surface area contributed by atoms with E-state index in [0.29, 0.717) is 37.6 Å². The van der Waals surface area contributed by atoms with Gasteiger partial charge in [-0.3, -0.25) is 14.5 Å². The van der Waals surface area contributed by atoms with Crippen LogP contribution in [-0.4, -0.2) is 48.5 Å². The number of amides is 4. The minimum atomic E-state index is -0.615. The van der Waals surface area contributed by atoms with Crippen LogP contribution in [0.15, 0.2) is 48.5 Å². The standard InChI is InChI=1S/C23H25N3O5/c1-15(17-8-10-19-20(13-17)31-12-11-30-19)24-21(27)14-26-22(28)18(25-23(26)29)9-7-16-5-3-2-4-6-16/h2-6,8,10,13,15,18H,7,9,11-12,14H2,1H3,(H,24,27)(H,25,29). The van der Waals surface area contributed by atoms with E-state index in [4.69, 9.17) is 9.47 Å². The van der Waals surface area contributed by atoms with Gasteiger partial charge >= 0.3 is 6.03 Å². The smallest absolute Gasteiger partial charge is 0.325 e. The van der Waals surface area contributed by atoms with Crippen molar-refractivity contribution in [3.05, 3.63) is 59.7 Å². The lowest BCUT2D eigenvalue weighted by Gasteiger charge is -2.21. The van der Waals surface area contributed by atoms with Gasteiger partial charge in [-0.05, 0) is 43.0 Å². The Morgan fingerprint density at radius 3 is 2.65 bits per heavy atom. The number of urea groups is 1. The summed E-state index contributed by atoms with van der Waals surface area (Å²) in [6.07, 6.45) is 1.15. The molecule has 2 unspecified atom stereocenters. The van der Waals surface area contributed by atoms with E-state index in [0.717, 1.165) is 16.0 Å². The summed E-state index contributed by atoms with van der Waals surface area (Å²) in [5, 5.41) is 5.51. The van der Waals surface area contributed by atoms with Crippen molar-refractivity contribution in [3.8, 4) is 11.5 Å². The highest BCUT2D eigenvalue weighted by Crippen LogP contribution is 2.32. The minimum Gasteiger partial charge on any atom is -0.486 e. The summed E-state index contributed by atoms with van der Waals surface area (Å²) in [6.45, 7) is 2.50. The molecule has 1 saturated heterocycles. The lowest BCUT2D eigenvalue weighted by Crippen LogP contribution is -2.41. The number of carbonyl (C=O) groups excluding carboxylic acids is 3. The number of nitrogens with one attached hydrogen (secondary N) is 2. The van der Waals surface area contributed by atoms with E-state index >= 15 is 0 Å². The number of nitrogens with zero attached hydrogens (tertiary/aromatic N) is 1. The average molecular weight is 423 g/mol. The van der Waals surface area contributed by atoms with Gasteiger partial charge < -0.3 is 20.1 Å². The van der Waals surface area contributed by atoms with Crippen molar-refractivity contribution < 1.29 is 23.9 Å². The third-order valence-electron chi connectivity index (χ3n) is 5.42. The number of imide groups is 1. The number of ether oxygens (including phenoxy) is 2. The quantitative estimate of drug-likeness (QED) is 0.666. The molecular formula is C23H25N3O5. The molecule has 1 fully saturated rings. The molecule has 0 radical (unpaired) electrons. The summed E-state index contributed by atoms with van der Waals surface area (Å²) in [5.41, 5.74) is 1.93. The molecule has 2 aliphatic rings. The molecule has 2 aromatic rings. The van der Waals surface area contributed by atoms with E-state index in [-0.39, 0.29) is 18.5 Å². The Morgan fingerprint density at radius 1 is 1.13 bits per heavy atom. The summed E-state index contributed by atoms with van der Waals surface area (Å²) in [4.78, 5) is 38.3. The van der Waals surface area contributed by atoms with E-state index in [1.165, 1.54) is 0 Å². The molecule has 4 amide bonds. The maximum atomic E-state index is 12.6. The molecule has 8 heteroatoms. The highest BCUT2D eigenvalue weighted by atomic mass is 16.6. The van der Waals surface area contributed by atoms with Crippen LogP contribution in [0.5, 0.6) is 11.5 Å². The fourth-order valence-corrected chi connectivity index (χ4v) is 3.72. The van der Waals surface area contributed by atoms with Crippen LogP contribution in [-0.2, 0) is 16.0 Å². The van der Waals surface area contributed by atoms with Gasteiger partial charge in [0.25, 0.3) is 5.91 Å². The number of benzene rings is 2. The molecule has 0 aliphatic carbocycles. The van der Waals surface area contributed by atoms with Crippen LogP contribution in [0.25, 0.3) is 0 Å². The Morgan fingerprint density at radius 2 is 1.87 bits per heavy atom. The van der Waals surface area contributed by atoms with Gasteiger partial charge in [0.15, 0.2) is 11.5 Å². The summed E-state index contributed by atoms with van der Waals surface area (Å²) < 4.78 is 11.1. The summed E-state index contributed by atoms with van der Waals surface area (Å²) in [6, 6.07) is 13.8. The van der Waals surface area contributed by atoms with Crippen LogP contribution in [0.1, 0.15) is 30.5 Å². The van der Waals surface area contributed by atoms with Crippen molar-refractivity contribution in [1.82, 2.24) is 15.5 Å². The molecule has 2 atom stereocenters. The minimum absolute atomic E-state index is 0.318. The van der Waals surface area contributed by atoms with Crippen molar-refractivity contribution in [2.45, 2.75) is 31.8 Å². The monoisotopic (exact) mass is 423 g/mol. The molecule has 4 rings (SSSR count). The number of fused-ring (bicyclic) bond motifs is 1. The summed E-state index contributed by atoms with van der Waals surface area (Å²) >= 11 is 0. The van der Waals surface area contributed by atoms with Gasteiger partial charge in [0.1, 0.15) is 25.8 Å². The van der Waals surface area contributed by atoms with E-state index in [1.54, 1.807) is 6.07 Å². The Kier molecular flexibility index (Phi) is 6.06. The fraction of sp³-hybridized carbons (Fsp3) is 0.348. The van der Waals surface area contributed by atoms with Crippen LogP contribution in [0.4, 0.5) is 4.79 Å². The van der Waals surface area contributed by atoms with Gasteiger partial charge in [-0.25, -0.2) is 4.79 Å². The number of hydrogen-bond donors (Lipinski definition) is 2. The molecule has 2 aromatic carbocycles. The van der Waals surface area contributed by atoms with Gasteiger partial charge in [0, 0.05) is 0 Å². The average Bonchev–Trinajstić information content (AvgIpc) is 3.05. The second-order valence-electron chi connectivity index (χ2n) is 7.64. The van der Waals surface area contributed by atoms with Gasteiger partial charge in [-0.2, -0.15) is 0 Å². The zero-order valence-electron chi connectivity index (χ0n) is 17.3. The molecule has 31 heavy (non-hydrogen) atoms. The number of hydrogen-bond acceptors (Lipinski definition) is 5. The molecule has 162 valence electrons. The number of rotatable bonds is 7. The van der Waals surface area contributed by atoms with Crippen LogP contribution in [0, 0.1) is 0 Å². The van der Waals surface area contributed by atoms with Gasteiger partial charge in [0.05, 0.1) is 6.04 Å². The molecule has 2 aliphatic heterocycles. The SMILES string of the molecule is CC(NC(=O)CN1C(=O)NC(CCc2ccccc2)C1=O)c1ccc2c(c1)OCCO2. The molecule has 0 aromatic heterocycles. The topological polar surface area (TPSA) is 97.0 Å². The normalized spacial score (nSPS) is 18.5. The highest BCUT2D eigenvalue weighted by molar-refractivity contribution is 6.06. The van der Waals surface area contributed by atoms with Crippen molar-refractivity contribution in [1.29, 1.82) is 0 Å². The zero-order chi connectivity index (χ0) is 21.8. The van der Waals surface area contributed by atoms with E-state index in [1.807, 2.05) is 49.4 Å².